The quantitative estimate of drug-likeness (QED) is 0.527. The number of aliphatic hydroxyl groups is 1. The number of hydrogen-bond donors (Lipinski definition) is 1. The van der Waals surface area contributed by atoms with Crippen LogP contribution in [0.25, 0.3) is 0 Å². The molecule has 0 aliphatic carbocycles. The molecule has 0 aromatic carbocycles. The minimum absolute atomic E-state index is 0.220. The molecule has 1 aliphatic rings. The van der Waals surface area contributed by atoms with Crippen LogP contribution in [0.3, 0.4) is 0 Å². The van der Waals surface area contributed by atoms with Gasteiger partial charge in [0.2, 0.25) is 0 Å². The Morgan fingerprint density at radius 3 is 2.80 bits per heavy atom. The van der Waals surface area contributed by atoms with Crippen molar-refractivity contribution in [3.63, 3.8) is 0 Å². The summed E-state index contributed by atoms with van der Waals surface area (Å²) in [6, 6.07) is 2.06. The van der Waals surface area contributed by atoms with E-state index in [4.69, 9.17) is 10.00 Å². The molecule has 10 heavy (non-hydrogen) atoms. The largest absolute Gasteiger partial charge is 0.392 e. The second-order valence-electron chi connectivity index (χ2n) is 2.49. The van der Waals surface area contributed by atoms with Crippen molar-refractivity contribution in [2.24, 2.45) is 5.92 Å². The monoisotopic (exact) mass is 141 g/mol. The number of aliphatic hydroxyl groups excluding tert-OH is 1. The van der Waals surface area contributed by atoms with Crippen molar-refractivity contribution in [1.29, 1.82) is 5.26 Å². The van der Waals surface area contributed by atoms with Crippen LogP contribution in [0.4, 0.5) is 0 Å². The van der Waals surface area contributed by atoms with Crippen LogP contribution in [0.5, 0.6) is 0 Å². The molecule has 0 saturated carbocycles. The second kappa shape index (κ2) is 3.55. The summed E-state index contributed by atoms with van der Waals surface area (Å²) in [5.41, 5.74) is 0. The topological polar surface area (TPSA) is 53.2 Å². The highest BCUT2D eigenvalue weighted by molar-refractivity contribution is 4.88. The summed E-state index contributed by atoms with van der Waals surface area (Å²) in [4.78, 5) is 0. The summed E-state index contributed by atoms with van der Waals surface area (Å²) in [5.74, 6) is -0.220. The van der Waals surface area contributed by atoms with Gasteiger partial charge in [-0.1, -0.05) is 0 Å². The van der Waals surface area contributed by atoms with Gasteiger partial charge in [0.25, 0.3) is 0 Å². The summed E-state index contributed by atoms with van der Waals surface area (Å²) in [5, 5.41) is 17.8. The fourth-order valence-corrected chi connectivity index (χ4v) is 1.06. The first-order valence-electron chi connectivity index (χ1n) is 3.50. The minimum Gasteiger partial charge on any atom is -0.392 e. The molecular formula is C7H11NO2. The third kappa shape index (κ3) is 1.69. The van der Waals surface area contributed by atoms with E-state index in [1.165, 1.54) is 0 Å². The van der Waals surface area contributed by atoms with Crippen LogP contribution in [0.1, 0.15) is 12.8 Å². The summed E-state index contributed by atoms with van der Waals surface area (Å²) in [7, 11) is 0. The smallest absolute Gasteiger partial charge is 0.0745 e. The lowest BCUT2D eigenvalue weighted by atomic mass is 10.00. The van der Waals surface area contributed by atoms with Crippen LogP contribution in [0, 0.1) is 17.2 Å². The molecule has 2 atom stereocenters. The molecule has 0 radical (unpaired) electrons. The summed E-state index contributed by atoms with van der Waals surface area (Å²) < 4.78 is 5.09. The fraction of sp³-hybridized carbons (Fsp3) is 0.857. The zero-order valence-electron chi connectivity index (χ0n) is 5.79. The molecule has 0 aromatic heterocycles. The molecule has 1 heterocycles. The third-order valence-corrected chi connectivity index (χ3v) is 1.76. The molecule has 1 saturated heterocycles. The Morgan fingerprint density at radius 2 is 2.10 bits per heavy atom. The molecule has 2 unspecified atom stereocenters. The molecule has 3 nitrogen and oxygen atoms in total. The van der Waals surface area contributed by atoms with E-state index in [9.17, 15) is 5.11 Å². The number of ether oxygens (including phenoxy) is 1. The van der Waals surface area contributed by atoms with E-state index in [0.29, 0.717) is 26.1 Å². The van der Waals surface area contributed by atoms with Crippen LogP contribution in [-0.2, 0) is 4.74 Å². The molecule has 1 rings (SSSR count). The van der Waals surface area contributed by atoms with Gasteiger partial charge >= 0.3 is 0 Å². The van der Waals surface area contributed by atoms with Crippen LogP contribution in [0.15, 0.2) is 0 Å². The summed E-state index contributed by atoms with van der Waals surface area (Å²) in [6.45, 7) is 1.19. The fourth-order valence-electron chi connectivity index (χ4n) is 1.06. The minimum atomic E-state index is -0.479. The van der Waals surface area contributed by atoms with Gasteiger partial charge in [0.15, 0.2) is 0 Å². The maximum atomic E-state index is 9.25. The Bertz CT molecular complexity index is 141. The lowest BCUT2D eigenvalue weighted by Crippen LogP contribution is -2.17. The first-order chi connectivity index (χ1) is 4.84. The van der Waals surface area contributed by atoms with Gasteiger partial charge in [0, 0.05) is 13.2 Å². The van der Waals surface area contributed by atoms with E-state index in [2.05, 4.69) is 6.07 Å². The highest BCUT2D eigenvalue weighted by Gasteiger charge is 2.20. The van der Waals surface area contributed by atoms with Gasteiger partial charge in [-0.05, 0) is 12.8 Å². The molecule has 0 spiro atoms. The molecule has 3 heteroatoms. The average Bonchev–Trinajstić information content (AvgIpc) is 2.13. The highest BCUT2D eigenvalue weighted by atomic mass is 16.5. The Balaban J connectivity index is 2.45. The van der Waals surface area contributed by atoms with Crippen LogP contribution < -0.4 is 0 Å². The maximum Gasteiger partial charge on any atom is 0.0745 e. The number of rotatable bonds is 0. The maximum absolute atomic E-state index is 9.25. The molecule has 0 amide bonds. The van der Waals surface area contributed by atoms with E-state index < -0.39 is 6.10 Å². The van der Waals surface area contributed by atoms with Gasteiger partial charge in [-0.15, -0.1) is 0 Å². The van der Waals surface area contributed by atoms with Crippen LogP contribution in [-0.4, -0.2) is 24.4 Å². The average molecular weight is 141 g/mol. The molecular weight excluding hydrogens is 130 g/mol. The van der Waals surface area contributed by atoms with Crippen molar-refractivity contribution in [1.82, 2.24) is 0 Å². The number of nitrogens with zero attached hydrogens (tertiary/aromatic N) is 1. The van der Waals surface area contributed by atoms with Gasteiger partial charge < -0.3 is 9.84 Å². The van der Waals surface area contributed by atoms with Crippen LogP contribution >= 0.6 is 0 Å². The van der Waals surface area contributed by atoms with Crippen molar-refractivity contribution < 1.29 is 9.84 Å². The van der Waals surface area contributed by atoms with Crippen molar-refractivity contribution in [3.8, 4) is 6.07 Å². The molecule has 56 valence electrons. The number of nitriles is 1. The van der Waals surface area contributed by atoms with Crippen molar-refractivity contribution in [3.05, 3.63) is 0 Å². The van der Waals surface area contributed by atoms with Gasteiger partial charge in [0.1, 0.15) is 0 Å². The zero-order valence-corrected chi connectivity index (χ0v) is 5.79. The van der Waals surface area contributed by atoms with Crippen molar-refractivity contribution >= 4 is 0 Å². The molecule has 0 aromatic rings. The Morgan fingerprint density at radius 1 is 1.40 bits per heavy atom. The lowest BCUT2D eigenvalue weighted by Gasteiger charge is -2.09. The van der Waals surface area contributed by atoms with E-state index in [1.54, 1.807) is 0 Å². The van der Waals surface area contributed by atoms with E-state index in [1.807, 2.05) is 0 Å². The molecule has 1 N–H and O–H groups in total. The van der Waals surface area contributed by atoms with Gasteiger partial charge in [-0.25, -0.2) is 0 Å². The predicted octanol–water partition coefficient (Wildman–Crippen LogP) is 0.297. The number of hydrogen-bond acceptors (Lipinski definition) is 3. The Labute approximate surface area is 60.2 Å². The normalized spacial score (nSPS) is 34.4. The second-order valence-corrected chi connectivity index (χ2v) is 2.49. The third-order valence-electron chi connectivity index (χ3n) is 1.76. The standard InChI is InChI=1S/C7H11NO2/c8-5-6-1-3-10-4-2-7(6)9/h6-7,9H,1-4H2. The molecule has 1 fully saturated rings. The Kier molecular flexibility index (Phi) is 2.67. The van der Waals surface area contributed by atoms with E-state index in [0.717, 1.165) is 0 Å². The van der Waals surface area contributed by atoms with Gasteiger partial charge in [-0.2, -0.15) is 5.26 Å². The predicted molar refractivity (Wildman–Crippen MR) is 35.2 cm³/mol. The summed E-state index contributed by atoms with van der Waals surface area (Å²) >= 11 is 0. The van der Waals surface area contributed by atoms with Crippen LogP contribution in [0.2, 0.25) is 0 Å². The molecule has 0 bridgehead atoms. The van der Waals surface area contributed by atoms with Crippen molar-refractivity contribution in [2.45, 2.75) is 18.9 Å². The summed E-state index contributed by atoms with van der Waals surface area (Å²) in [6.07, 6.45) is 0.781. The zero-order chi connectivity index (χ0) is 7.40. The highest BCUT2D eigenvalue weighted by Crippen LogP contribution is 2.14. The first kappa shape index (κ1) is 7.52. The van der Waals surface area contributed by atoms with E-state index >= 15 is 0 Å². The van der Waals surface area contributed by atoms with Gasteiger partial charge in [0.05, 0.1) is 18.1 Å². The Hall–Kier alpha value is -0.590. The van der Waals surface area contributed by atoms with E-state index in [-0.39, 0.29) is 5.92 Å². The molecule has 1 aliphatic heterocycles. The SMILES string of the molecule is N#CC1CCOCCC1O. The lowest BCUT2D eigenvalue weighted by molar-refractivity contribution is 0.110. The van der Waals surface area contributed by atoms with Crippen molar-refractivity contribution in [2.75, 3.05) is 13.2 Å². The first-order valence-corrected chi connectivity index (χ1v) is 3.50. The van der Waals surface area contributed by atoms with Gasteiger partial charge in [-0.3, -0.25) is 0 Å².